The molecule has 0 atom stereocenters. The summed E-state index contributed by atoms with van der Waals surface area (Å²) in [5.41, 5.74) is 8.08. The number of hydrogen-bond acceptors (Lipinski definition) is 3. The van der Waals surface area contributed by atoms with Crippen LogP contribution in [0.5, 0.6) is 0 Å². The molecule has 0 bridgehead atoms. The Bertz CT molecular complexity index is 478. The largest absolute Gasteiger partial charge is 0.369 e. The molecule has 0 amide bonds. The summed E-state index contributed by atoms with van der Waals surface area (Å²) in [5.74, 6) is 1.89. The number of aryl methyl sites for hydroxylation is 1. The maximum absolute atomic E-state index is 5.94. The van der Waals surface area contributed by atoms with Crippen molar-refractivity contribution in [2.75, 3.05) is 17.7 Å². The summed E-state index contributed by atoms with van der Waals surface area (Å²) >= 11 is 1.91. The molecule has 0 saturated heterocycles. The van der Waals surface area contributed by atoms with Crippen LogP contribution in [0, 0.1) is 0 Å². The molecule has 0 saturated carbocycles. The van der Waals surface area contributed by atoms with Crippen LogP contribution in [-0.4, -0.2) is 21.6 Å². The Balaban J connectivity index is 2.00. The second kappa shape index (κ2) is 5.96. The molecule has 1 aromatic heterocycles. The van der Waals surface area contributed by atoms with Crippen molar-refractivity contribution in [1.29, 1.82) is 0 Å². The zero-order chi connectivity index (χ0) is 12.1. The molecule has 0 aliphatic rings. The number of nitrogen functional groups attached to an aromatic ring is 1. The molecule has 2 rings (SSSR count). The Morgan fingerprint density at radius 1 is 1.24 bits per heavy atom. The minimum Gasteiger partial charge on any atom is -0.369 e. The highest BCUT2D eigenvalue weighted by Gasteiger charge is 2.06. The summed E-state index contributed by atoms with van der Waals surface area (Å²) in [7, 11) is 0. The lowest BCUT2D eigenvalue weighted by Gasteiger charge is -2.05. The van der Waals surface area contributed by atoms with E-state index in [-0.39, 0.29) is 0 Å². The first-order chi connectivity index (χ1) is 8.33. The summed E-state index contributed by atoms with van der Waals surface area (Å²) in [5, 5.41) is 0. The number of thioether (sulfide) groups is 1. The summed E-state index contributed by atoms with van der Waals surface area (Å²) in [6, 6.07) is 8.13. The van der Waals surface area contributed by atoms with E-state index in [0.717, 1.165) is 17.6 Å². The van der Waals surface area contributed by atoms with Gasteiger partial charge in [0.25, 0.3) is 0 Å². The molecule has 4 heteroatoms. The van der Waals surface area contributed by atoms with E-state index in [1.807, 2.05) is 30.0 Å². The van der Waals surface area contributed by atoms with Gasteiger partial charge in [-0.05, 0) is 37.0 Å². The monoisotopic (exact) mass is 249 g/mol. The molecule has 0 spiro atoms. The van der Waals surface area contributed by atoms with Crippen LogP contribution in [0.4, 0.5) is 5.95 Å². The summed E-state index contributed by atoms with van der Waals surface area (Å²) in [4.78, 5) is 4.36. The fourth-order valence-electron chi connectivity index (χ4n) is 2.02. The fraction of sp³-hybridized carbons (Fsp3) is 0.462. The zero-order valence-corrected chi connectivity index (χ0v) is 11.0. The van der Waals surface area contributed by atoms with Crippen LogP contribution in [0.3, 0.4) is 0 Å². The number of aromatic nitrogens is 2. The zero-order valence-electron chi connectivity index (χ0n) is 10.2. The van der Waals surface area contributed by atoms with E-state index in [0.29, 0.717) is 5.95 Å². The molecule has 17 heavy (non-hydrogen) atoms. The first kappa shape index (κ1) is 12.3. The average Bonchev–Trinajstić information content (AvgIpc) is 2.65. The number of nitrogens with two attached hydrogens (primary N) is 1. The van der Waals surface area contributed by atoms with Gasteiger partial charge < -0.3 is 10.3 Å². The van der Waals surface area contributed by atoms with Gasteiger partial charge in [-0.15, -0.1) is 0 Å². The predicted molar refractivity (Wildman–Crippen MR) is 76.4 cm³/mol. The molecule has 0 fully saturated rings. The van der Waals surface area contributed by atoms with Gasteiger partial charge in [0.1, 0.15) is 0 Å². The van der Waals surface area contributed by atoms with Gasteiger partial charge in [-0.2, -0.15) is 11.8 Å². The van der Waals surface area contributed by atoms with Crippen molar-refractivity contribution < 1.29 is 0 Å². The maximum Gasteiger partial charge on any atom is 0.201 e. The first-order valence-electron chi connectivity index (χ1n) is 6.02. The Labute approximate surface area is 106 Å². The number of anilines is 1. The molecule has 0 radical (unpaired) electrons. The quantitative estimate of drug-likeness (QED) is 0.800. The van der Waals surface area contributed by atoms with Crippen molar-refractivity contribution >= 4 is 28.7 Å². The molecule has 0 aliphatic carbocycles. The van der Waals surface area contributed by atoms with Gasteiger partial charge in [0, 0.05) is 6.54 Å². The number of hydrogen-bond donors (Lipinski definition) is 1. The third kappa shape index (κ3) is 2.94. The summed E-state index contributed by atoms with van der Waals surface area (Å²) in [6.07, 6.45) is 5.87. The second-order valence-corrected chi connectivity index (χ2v) is 5.15. The maximum atomic E-state index is 5.94. The highest BCUT2D eigenvalue weighted by molar-refractivity contribution is 7.98. The molecule has 2 aromatic rings. The van der Waals surface area contributed by atoms with Crippen molar-refractivity contribution in [2.45, 2.75) is 25.8 Å². The van der Waals surface area contributed by atoms with Gasteiger partial charge >= 0.3 is 0 Å². The van der Waals surface area contributed by atoms with E-state index in [1.165, 1.54) is 25.0 Å². The van der Waals surface area contributed by atoms with Crippen LogP contribution in [0.1, 0.15) is 19.3 Å². The number of nitrogens with zero attached hydrogens (tertiary/aromatic N) is 2. The van der Waals surface area contributed by atoms with Crippen LogP contribution >= 0.6 is 11.8 Å². The van der Waals surface area contributed by atoms with E-state index in [4.69, 9.17) is 5.73 Å². The van der Waals surface area contributed by atoms with Crippen molar-refractivity contribution in [3.63, 3.8) is 0 Å². The number of unbranched alkanes of at least 4 members (excludes halogenated alkanes) is 2. The summed E-state index contributed by atoms with van der Waals surface area (Å²) in [6.45, 7) is 0.973. The lowest BCUT2D eigenvalue weighted by atomic mass is 10.2. The SMILES string of the molecule is CSCCCCCn1c(N)nc2ccccc21. The molecular weight excluding hydrogens is 230 g/mol. The van der Waals surface area contributed by atoms with E-state index in [2.05, 4.69) is 21.9 Å². The van der Waals surface area contributed by atoms with Gasteiger partial charge in [-0.25, -0.2) is 4.98 Å². The van der Waals surface area contributed by atoms with Gasteiger partial charge in [-0.3, -0.25) is 0 Å². The molecular formula is C13H19N3S. The van der Waals surface area contributed by atoms with Crippen molar-refractivity contribution in [3.8, 4) is 0 Å². The van der Waals surface area contributed by atoms with E-state index in [9.17, 15) is 0 Å². The molecule has 1 heterocycles. The van der Waals surface area contributed by atoms with Crippen molar-refractivity contribution in [1.82, 2.24) is 9.55 Å². The van der Waals surface area contributed by atoms with Crippen molar-refractivity contribution in [2.24, 2.45) is 0 Å². The second-order valence-electron chi connectivity index (χ2n) is 4.16. The number of benzene rings is 1. The molecule has 92 valence electrons. The normalized spacial score (nSPS) is 11.1. The molecule has 1 aromatic carbocycles. The average molecular weight is 249 g/mol. The smallest absolute Gasteiger partial charge is 0.201 e. The van der Waals surface area contributed by atoms with E-state index < -0.39 is 0 Å². The Hall–Kier alpha value is -1.16. The van der Waals surface area contributed by atoms with Crippen LogP contribution in [0.25, 0.3) is 11.0 Å². The third-order valence-corrected chi connectivity index (χ3v) is 3.61. The number of imidazole rings is 1. The molecule has 2 N–H and O–H groups in total. The van der Waals surface area contributed by atoms with Crippen molar-refractivity contribution in [3.05, 3.63) is 24.3 Å². The van der Waals surface area contributed by atoms with E-state index in [1.54, 1.807) is 0 Å². The molecule has 0 unspecified atom stereocenters. The Morgan fingerprint density at radius 2 is 2.06 bits per heavy atom. The van der Waals surface area contributed by atoms with E-state index >= 15 is 0 Å². The highest BCUT2D eigenvalue weighted by atomic mass is 32.2. The molecule has 3 nitrogen and oxygen atoms in total. The van der Waals surface area contributed by atoms with Crippen LogP contribution < -0.4 is 5.73 Å². The lowest BCUT2D eigenvalue weighted by molar-refractivity contribution is 0.621. The first-order valence-corrected chi connectivity index (χ1v) is 7.42. The topological polar surface area (TPSA) is 43.8 Å². The van der Waals surface area contributed by atoms with Crippen LogP contribution in [-0.2, 0) is 6.54 Å². The van der Waals surface area contributed by atoms with Crippen LogP contribution in [0.15, 0.2) is 24.3 Å². The Morgan fingerprint density at radius 3 is 2.88 bits per heavy atom. The number of rotatable bonds is 6. The predicted octanol–water partition coefficient (Wildman–Crippen LogP) is 3.15. The Kier molecular flexibility index (Phi) is 4.31. The minimum atomic E-state index is 0.635. The minimum absolute atomic E-state index is 0.635. The van der Waals surface area contributed by atoms with Gasteiger partial charge in [0.05, 0.1) is 11.0 Å². The summed E-state index contributed by atoms with van der Waals surface area (Å²) < 4.78 is 2.12. The van der Waals surface area contributed by atoms with Gasteiger partial charge in [-0.1, -0.05) is 18.6 Å². The van der Waals surface area contributed by atoms with Gasteiger partial charge in [0.2, 0.25) is 5.95 Å². The van der Waals surface area contributed by atoms with Gasteiger partial charge in [0.15, 0.2) is 0 Å². The number of para-hydroxylation sites is 2. The molecule has 0 aliphatic heterocycles. The standard InChI is InChI=1S/C13H19N3S/c1-17-10-6-2-5-9-16-12-8-4-3-7-11(12)15-13(16)14/h3-4,7-8H,2,5-6,9-10H2,1H3,(H2,14,15). The number of fused-ring (bicyclic) bond motifs is 1. The fourth-order valence-corrected chi connectivity index (χ4v) is 2.52. The highest BCUT2D eigenvalue weighted by Crippen LogP contribution is 2.18. The lowest BCUT2D eigenvalue weighted by Crippen LogP contribution is -2.03. The third-order valence-electron chi connectivity index (χ3n) is 2.91. The van der Waals surface area contributed by atoms with Crippen LogP contribution in [0.2, 0.25) is 0 Å².